The molecule has 2 rings (SSSR count). The first kappa shape index (κ1) is 11.5. The predicted octanol–water partition coefficient (Wildman–Crippen LogP) is 3.12. The van der Waals surface area contributed by atoms with E-state index in [1.165, 1.54) is 0 Å². The molecule has 0 spiro atoms. The van der Waals surface area contributed by atoms with Gasteiger partial charge < -0.3 is 10.5 Å². The first-order valence-electron chi connectivity index (χ1n) is 5.64. The zero-order valence-electron chi connectivity index (χ0n) is 10.1. The standard InChI is InChI=1S/C14H16N2O/c1-10(2)17-12-6-3-5-11(9-12)14-13(15)7-4-8-16-14/h3-10H,15H2,1-2H3. The summed E-state index contributed by atoms with van der Waals surface area (Å²) < 4.78 is 5.65. The molecule has 0 atom stereocenters. The van der Waals surface area contributed by atoms with Crippen molar-refractivity contribution < 1.29 is 4.74 Å². The highest BCUT2D eigenvalue weighted by Crippen LogP contribution is 2.26. The molecule has 1 aromatic carbocycles. The fourth-order valence-corrected chi connectivity index (χ4v) is 1.65. The smallest absolute Gasteiger partial charge is 0.120 e. The van der Waals surface area contributed by atoms with Crippen molar-refractivity contribution in [3.8, 4) is 17.0 Å². The van der Waals surface area contributed by atoms with Crippen molar-refractivity contribution in [2.45, 2.75) is 20.0 Å². The number of benzene rings is 1. The molecule has 1 heterocycles. The van der Waals surface area contributed by atoms with Gasteiger partial charge >= 0.3 is 0 Å². The van der Waals surface area contributed by atoms with Gasteiger partial charge in [0.25, 0.3) is 0 Å². The number of aromatic nitrogens is 1. The van der Waals surface area contributed by atoms with E-state index in [0.29, 0.717) is 5.69 Å². The molecule has 0 fully saturated rings. The average Bonchev–Trinajstić information content (AvgIpc) is 2.29. The number of nitrogen functional groups attached to an aromatic ring is 1. The van der Waals surface area contributed by atoms with Gasteiger partial charge in [-0.3, -0.25) is 4.98 Å². The molecule has 0 saturated carbocycles. The van der Waals surface area contributed by atoms with E-state index < -0.39 is 0 Å². The van der Waals surface area contributed by atoms with Crippen LogP contribution in [0.25, 0.3) is 11.3 Å². The molecule has 0 saturated heterocycles. The Bertz CT molecular complexity index is 509. The first-order valence-corrected chi connectivity index (χ1v) is 5.64. The summed E-state index contributed by atoms with van der Waals surface area (Å²) in [7, 11) is 0. The zero-order chi connectivity index (χ0) is 12.3. The normalized spacial score (nSPS) is 10.5. The fraction of sp³-hybridized carbons (Fsp3) is 0.214. The SMILES string of the molecule is CC(C)Oc1cccc(-c2ncccc2N)c1. The molecule has 0 radical (unpaired) electrons. The van der Waals surface area contributed by atoms with Gasteiger partial charge in [-0.05, 0) is 38.1 Å². The van der Waals surface area contributed by atoms with Crippen molar-refractivity contribution >= 4 is 5.69 Å². The number of rotatable bonds is 3. The van der Waals surface area contributed by atoms with Crippen LogP contribution in [0.5, 0.6) is 5.75 Å². The second-order valence-corrected chi connectivity index (χ2v) is 4.14. The van der Waals surface area contributed by atoms with Crippen LogP contribution in [0.15, 0.2) is 42.6 Å². The molecule has 2 aromatic rings. The van der Waals surface area contributed by atoms with Gasteiger partial charge in [-0.25, -0.2) is 0 Å². The van der Waals surface area contributed by atoms with Crippen LogP contribution < -0.4 is 10.5 Å². The molecule has 0 aliphatic heterocycles. The van der Waals surface area contributed by atoms with Crippen LogP contribution >= 0.6 is 0 Å². The third-order valence-electron chi connectivity index (χ3n) is 2.32. The predicted molar refractivity (Wildman–Crippen MR) is 69.8 cm³/mol. The second kappa shape index (κ2) is 4.87. The zero-order valence-corrected chi connectivity index (χ0v) is 10.1. The molecular weight excluding hydrogens is 212 g/mol. The summed E-state index contributed by atoms with van der Waals surface area (Å²) >= 11 is 0. The highest BCUT2D eigenvalue weighted by Gasteiger charge is 2.05. The molecule has 1 aromatic heterocycles. The van der Waals surface area contributed by atoms with E-state index in [1.54, 1.807) is 6.20 Å². The quantitative estimate of drug-likeness (QED) is 0.878. The van der Waals surface area contributed by atoms with E-state index in [-0.39, 0.29) is 6.10 Å². The monoisotopic (exact) mass is 228 g/mol. The Hall–Kier alpha value is -2.03. The van der Waals surface area contributed by atoms with Gasteiger partial charge in [0, 0.05) is 11.8 Å². The van der Waals surface area contributed by atoms with E-state index in [0.717, 1.165) is 17.0 Å². The maximum Gasteiger partial charge on any atom is 0.120 e. The van der Waals surface area contributed by atoms with Crippen molar-refractivity contribution in [3.05, 3.63) is 42.6 Å². The maximum absolute atomic E-state index is 5.90. The Morgan fingerprint density at radius 2 is 2.00 bits per heavy atom. The van der Waals surface area contributed by atoms with Crippen LogP contribution in [-0.4, -0.2) is 11.1 Å². The van der Waals surface area contributed by atoms with E-state index in [1.807, 2.05) is 50.2 Å². The van der Waals surface area contributed by atoms with Gasteiger partial charge in [0.2, 0.25) is 0 Å². The van der Waals surface area contributed by atoms with Crippen LogP contribution in [0.4, 0.5) is 5.69 Å². The third kappa shape index (κ3) is 2.75. The number of pyridine rings is 1. The average molecular weight is 228 g/mol. The van der Waals surface area contributed by atoms with Crippen molar-refractivity contribution in [2.24, 2.45) is 0 Å². The van der Waals surface area contributed by atoms with E-state index >= 15 is 0 Å². The number of nitrogens with zero attached hydrogens (tertiary/aromatic N) is 1. The summed E-state index contributed by atoms with van der Waals surface area (Å²) in [5.41, 5.74) is 8.34. The van der Waals surface area contributed by atoms with Crippen LogP contribution in [0, 0.1) is 0 Å². The Kier molecular flexibility index (Phi) is 3.28. The van der Waals surface area contributed by atoms with E-state index in [9.17, 15) is 0 Å². The molecule has 0 unspecified atom stereocenters. The van der Waals surface area contributed by atoms with Crippen molar-refractivity contribution in [1.82, 2.24) is 4.98 Å². The molecule has 17 heavy (non-hydrogen) atoms. The second-order valence-electron chi connectivity index (χ2n) is 4.14. The molecule has 0 bridgehead atoms. The van der Waals surface area contributed by atoms with Crippen LogP contribution in [0.2, 0.25) is 0 Å². The molecule has 0 aliphatic rings. The van der Waals surface area contributed by atoms with Gasteiger partial charge in [0.15, 0.2) is 0 Å². The molecule has 3 heteroatoms. The maximum atomic E-state index is 5.90. The van der Waals surface area contributed by atoms with Gasteiger partial charge in [0.05, 0.1) is 17.5 Å². The van der Waals surface area contributed by atoms with E-state index in [2.05, 4.69) is 4.98 Å². The Labute approximate surface area is 101 Å². The topological polar surface area (TPSA) is 48.1 Å². The van der Waals surface area contributed by atoms with Crippen molar-refractivity contribution in [3.63, 3.8) is 0 Å². The number of anilines is 1. The molecule has 88 valence electrons. The minimum absolute atomic E-state index is 0.159. The van der Waals surface area contributed by atoms with E-state index in [4.69, 9.17) is 10.5 Å². The summed E-state index contributed by atoms with van der Waals surface area (Å²) in [5.74, 6) is 0.836. The summed E-state index contributed by atoms with van der Waals surface area (Å²) in [6.45, 7) is 4.00. The largest absolute Gasteiger partial charge is 0.491 e. The number of ether oxygens (including phenoxy) is 1. The Morgan fingerprint density at radius 1 is 1.18 bits per heavy atom. The lowest BCUT2D eigenvalue weighted by Gasteiger charge is -2.11. The third-order valence-corrected chi connectivity index (χ3v) is 2.32. The van der Waals surface area contributed by atoms with Crippen LogP contribution in [-0.2, 0) is 0 Å². The number of hydrogen-bond acceptors (Lipinski definition) is 3. The van der Waals surface area contributed by atoms with Crippen molar-refractivity contribution in [1.29, 1.82) is 0 Å². The van der Waals surface area contributed by atoms with Crippen molar-refractivity contribution in [2.75, 3.05) is 5.73 Å². The summed E-state index contributed by atoms with van der Waals surface area (Å²) in [5, 5.41) is 0. The fourth-order valence-electron chi connectivity index (χ4n) is 1.65. The number of nitrogens with two attached hydrogens (primary N) is 1. The molecule has 2 N–H and O–H groups in total. The molecule has 3 nitrogen and oxygen atoms in total. The minimum atomic E-state index is 0.159. The first-order chi connectivity index (χ1) is 8.16. The van der Waals surface area contributed by atoms with Gasteiger partial charge in [0.1, 0.15) is 5.75 Å². The van der Waals surface area contributed by atoms with Gasteiger partial charge in [-0.1, -0.05) is 12.1 Å². The van der Waals surface area contributed by atoms with Crippen LogP contribution in [0.1, 0.15) is 13.8 Å². The molecular formula is C14H16N2O. The van der Waals surface area contributed by atoms with Gasteiger partial charge in [-0.15, -0.1) is 0 Å². The summed E-state index contributed by atoms with van der Waals surface area (Å²) in [6, 6.07) is 11.5. The lowest BCUT2D eigenvalue weighted by Crippen LogP contribution is -2.05. The Balaban J connectivity index is 2.37. The van der Waals surface area contributed by atoms with Crippen LogP contribution in [0.3, 0.4) is 0 Å². The lowest BCUT2D eigenvalue weighted by atomic mass is 10.1. The summed E-state index contributed by atoms with van der Waals surface area (Å²) in [6.07, 6.45) is 1.90. The minimum Gasteiger partial charge on any atom is -0.491 e. The lowest BCUT2D eigenvalue weighted by molar-refractivity contribution is 0.242. The highest BCUT2D eigenvalue weighted by atomic mass is 16.5. The molecule has 0 amide bonds. The number of hydrogen-bond donors (Lipinski definition) is 1. The summed E-state index contributed by atoms with van der Waals surface area (Å²) in [4.78, 5) is 4.29. The molecule has 0 aliphatic carbocycles. The highest BCUT2D eigenvalue weighted by molar-refractivity contribution is 5.72. The van der Waals surface area contributed by atoms with Gasteiger partial charge in [-0.2, -0.15) is 0 Å². The Morgan fingerprint density at radius 3 is 2.71 bits per heavy atom.